The van der Waals surface area contributed by atoms with Crippen LogP contribution in [0.2, 0.25) is 0 Å². The van der Waals surface area contributed by atoms with Crippen molar-refractivity contribution in [3.63, 3.8) is 0 Å². The SMILES string of the molecule is FC(F)(F)c1ccccc1CSc1nccn1C1CC1. The van der Waals surface area contributed by atoms with Crippen LogP contribution in [-0.2, 0) is 11.9 Å². The summed E-state index contributed by atoms with van der Waals surface area (Å²) in [4.78, 5) is 4.23. The largest absolute Gasteiger partial charge is 0.416 e. The van der Waals surface area contributed by atoms with Crippen molar-refractivity contribution in [3.05, 3.63) is 47.8 Å². The summed E-state index contributed by atoms with van der Waals surface area (Å²) < 4.78 is 40.8. The molecule has 1 aliphatic carbocycles. The molecule has 0 N–H and O–H groups in total. The predicted octanol–water partition coefficient (Wildman–Crippen LogP) is 4.53. The van der Waals surface area contributed by atoms with Gasteiger partial charge in [-0.1, -0.05) is 30.0 Å². The van der Waals surface area contributed by atoms with Crippen molar-refractivity contribution in [3.8, 4) is 0 Å². The first-order valence-electron chi connectivity index (χ1n) is 6.36. The highest BCUT2D eigenvalue weighted by Crippen LogP contribution is 2.39. The first kappa shape index (κ1) is 13.5. The van der Waals surface area contributed by atoms with Gasteiger partial charge in [0.25, 0.3) is 0 Å². The molecule has 0 spiro atoms. The highest BCUT2D eigenvalue weighted by molar-refractivity contribution is 7.98. The standard InChI is InChI=1S/C14H13F3N2S/c15-14(16,17)12-4-2-1-3-10(12)9-20-13-18-7-8-19(13)11-5-6-11/h1-4,7-8,11H,5-6,9H2. The number of hydrogen-bond acceptors (Lipinski definition) is 2. The van der Waals surface area contributed by atoms with E-state index in [1.165, 1.54) is 23.9 Å². The highest BCUT2D eigenvalue weighted by atomic mass is 32.2. The van der Waals surface area contributed by atoms with Crippen molar-refractivity contribution in [2.45, 2.75) is 36.0 Å². The summed E-state index contributed by atoms with van der Waals surface area (Å²) in [5.74, 6) is 0.277. The first-order valence-corrected chi connectivity index (χ1v) is 7.35. The Morgan fingerprint density at radius 3 is 2.70 bits per heavy atom. The van der Waals surface area contributed by atoms with E-state index in [1.54, 1.807) is 12.3 Å². The monoisotopic (exact) mass is 298 g/mol. The van der Waals surface area contributed by atoms with Gasteiger partial charge < -0.3 is 4.57 Å². The quantitative estimate of drug-likeness (QED) is 0.772. The van der Waals surface area contributed by atoms with Crippen LogP contribution in [0.15, 0.2) is 41.8 Å². The molecule has 0 atom stereocenters. The molecule has 1 aromatic heterocycles. The lowest BCUT2D eigenvalue weighted by Gasteiger charge is -2.12. The molecular formula is C14H13F3N2S. The molecule has 6 heteroatoms. The molecular weight excluding hydrogens is 285 g/mol. The third kappa shape index (κ3) is 2.85. The molecule has 3 rings (SSSR count). The lowest BCUT2D eigenvalue weighted by Crippen LogP contribution is -2.08. The zero-order valence-electron chi connectivity index (χ0n) is 10.6. The number of imidazole rings is 1. The number of alkyl halides is 3. The van der Waals surface area contributed by atoms with Crippen molar-refractivity contribution in [2.24, 2.45) is 0 Å². The van der Waals surface area contributed by atoms with Gasteiger partial charge in [0.05, 0.1) is 5.56 Å². The van der Waals surface area contributed by atoms with Crippen LogP contribution in [0.5, 0.6) is 0 Å². The number of nitrogens with zero attached hydrogens (tertiary/aromatic N) is 2. The van der Waals surface area contributed by atoms with Crippen molar-refractivity contribution >= 4 is 11.8 Å². The maximum Gasteiger partial charge on any atom is 0.416 e. The van der Waals surface area contributed by atoms with Gasteiger partial charge in [0, 0.05) is 24.2 Å². The molecule has 1 heterocycles. The summed E-state index contributed by atoms with van der Waals surface area (Å²) in [5, 5.41) is 0.796. The summed E-state index contributed by atoms with van der Waals surface area (Å²) in [6, 6.07) is 6.20. The summed E-state index contributed by atoms with van der Waals surface area (Å²) >= 11 is 1.36. The van der Waals surface area contributed by atoms with Crippen LogP contribution in [0.4, 0.5) is 13.2 Å². The molecule has 1 aromatic carbocycles. The fraction of sp³-hybridized carbons (Fsp3) is 0.357. The molecule has 2 aromatic rings. The van der Waals surface area contributed by atoms with E-state index in [9.17, 15) is 13.2 Å². The Hall–Kier alpha value is -1.43. The van der Waals surface area contributed by atoms with E-state index in [4.69, 9.17) is 0 Å². The molecule has 0 aliphatic heterocycles. The molecule has 2 nitrogen and oxygen atoms in total. The Morgan fingerprint density at radius 2 is 2.00 bits per heavy atom. The number of thioether (sulfide) groups is 1. The first-order chi connectivity index (χ1) is 9.55. The fourth-order valence-electron chi connectivity index (χ4n) is 2.11. The molecule has 1 fully saturated rings. The lowest BCUT2D eigenvalue weighted by atomic mass is 10.1. The minimum atomic E-state index is -4.30. The van der Waals surface area contributed by atoms with Crippen molar-refractivity contribution < 1.29 is 13.2 Å². The van der Waals surface area contributed by atoms with Crippen molar-refractivity contribution in [2.75, 3.05) is 0 Å². The summed E-state index contributed by atoms with van der Waals surface area (Å²) in [6.07, 6.45) is 1.56. The molecule has 0 bridgehead atoms. The second-order valence-corrected chi connectivity index (χ2v) is 5.73. The molecule has 106 valence electrons. The van der Waals surface area contributed by atoms with Crippen LogP contribution < -0.4 is 0 Å². The number of hydrogen-bond donors (Lipinski definition) is 0. The van der Waals surface area contributed by atoms with E-state index in [0.717, 1.165) is 24.1 Å². The van der Waals surface area contributed by atoms with E-state index in [-0.39, 0.29) is 5.75 Å². The Bertz CT molecular complexity index is 602. The van der Waals surface area contributed by atoms with Gasteiger partial charge in [-0.2, -0.15) is 13.2 Å². The molecule has 0 saturated heterocycles. The molecule has 1 aliphatic rings. The van der Waals surface area contributed by atoms with Crippen LogP contribution in [0.1, 0.15) is 30.0 Å². The van der Waals surface area contributed by atoms with Crippen LogP contribution >= 0.6 is 11.8 Å². The topological polar surface area (TPSA) is 17.8 Å². The number of rotatable bonds is 4. The van der Waals surface area contributed by atoms with Crippen LogP contribution in [0, 0.1) is 0 Å². The van der Waals surface area contributed by atoms with E-state index < -0.39 is 11.7 Å². The van der Waals surface area contributed by atoms with Crippen LogP contribution in [0.3, 0.4) is 0 Å². The molecule has 0 amide bonds. The fourth-order valence-corrected chi connectivity index (χ4v) is 3.14. The van der Waals surface area contributed by atoms with E-state index in [0.29, 0.717) is 11.6 Å². The van der Waals surface area contributed by atoms with Gasteiger partial charge in [0.15, 0.2) is 5.16 Å². The average Bonchev–Trinajstić information content (AvgIpc) is 3.15. The van der Waals surface area contributed by atoms with E-state index in [2.05, 4.69) is 9.55 Å². The van der Waals surface area contributed by atoms with Gasteiger partial charge in [0.2, 0.25) is 0 Å². The summed E-state index contributed by atoms with van der Waals surface area (Å²) in [7, 11) is 0. The minimum absolute atomic E-state index is 0.277. The smallest absolute Gasteiger partial charge is 0.323 e. The number of aromatic nitrogens is 2. The third-order valence-electron chi connectivity index (χ3n) is 3.25. The Morgan fingerprint density at radius 1 is 1.25 bits per heavy atom. The van der Waals surface area contributed by atoms with Gasteiger partial charge in [-0.25, -0.2) is 4.98 Å². The van der Waals surface area contributed by atoms with Crippen LogP contribution in [0.25, 0.3) is 0 Å². The van der Waals surface area contributed by atoms with Crippen LogP contribution in [-0.4, -0.2) is 9.55 Å². The van der Waals surface area contributed by atoms with Gasteiger partial charge >= 0.3 is 6.18 Å². The zero-order valence-corrected chi connectivity index (χ0v) is 11.4. The Kier molecular flexibility index (Phi) is 3.50. The number of benzene rings is 1. The van der Waals surface area contributed by atoms with Crippen molar-refractivity contribution in [1.82, 2.24) is 9.55 Å². The van der Waals surface area contributed by atoms with Gasteiger partial charge in [0.1, 0.15) is 0 Å². The average molecular weight is 298 g/mol. The Balaban J connectivity index is 1.77. The molecule has 0 radical (unpaired) electrons. The summed E-state index contributed by atoms with van der Waals surface area (Å²) in [5.41, 5.74) is -0.257. The van der Waals surface area contributed by atoms with Gasteiger partial charge in [-0.05, 0) is 24.5 Å². The Labute approximate surface area is 119 Å². The minimum Gasteiger partial charge on any atom is -0.323 e. The zero-order chi connectivity index (χ0) is 14.2. The maximum atomic E-state index is 12.9. The third-order valence-corrected chi connectivity index (χ3v) is 4.28. The molecule has 20 heavy (non-hydrogen) atoms. The highest BCUT2D eigenvalue weighted by Gasteiger charge is 2.33. The normalized spacial score (nSPS) is 15.6. The molecule has 0 unspecified atom stereocenters. The van der Waals surface area contributed by atoms with E-state index in [1.807, 2.05) is 6.20 Å². The predicted molar refractivity (Wildman–Crippen MR) is 71.5 cm³/mol. The van der Waals surface area contributed by atoms with E-state index >= 15 is 0 Å². The summed E-state index contributed by atoms with van der Waals surface area (Å²) in [6.45, 7) is 0. The second kappa shape index (κ2) is 5.16. The number of halogens is 3. The second-order valence-electron chi connectivity index (χ2n) is 4.79. The lowest BCUT2D eigenvalue weighted by molar-refractivity contribution is -0.138. The maximum absolute atomic E-state index is 12.9. The van der Waals surface area contributed by atoms with Gasteiger partial charge in [-0.15, -0.1) is 0 Å². The van der Waals surface area contributed by atoms with Gasteiger partial charge in [-0.3, -0.25) is 0 Å². The molecule has 1 saturated carbocycles. The van der Waals surface area contributed by atoms with Crippen molar-refractivity contribution in [1.29, 1.82) is 0 Å².